The molecule has 0 bridgehead atoms. The van der Waals surface area contributed by atoms with E-state index in [1.54, 1.807) is 11.8 Å². The van der Waals surface area contributed by atoms with Gasteiger partial charge in [-0.1, -0.05) is 84.9 Å². The number of benzene rings is 4. The summed E-state index contributed by atoms with van der Waals surface area (Å²) >= 11 is 1.58. The summed E-state index contributed by atoms with van der Waals surface area (Å²) in [5.74, 6) is 2.24. The normalized spacial score (nSPS) is 16.6. The lowest BCUT2D eigenvalue weighted by Gasteiger charge is -2.23. The molecule has 2 atom stereocenters. The van der Waals surface area contributed by atoms with E-state index in [1.165, 1.54) is 5.56 Å². The molecule has 0 amide bonds. The molecule has 6 rings (SSSR count). The zero-order chi connectivity index (χ0) is 23.5. The Labute approximate surface area is 209 Å². The van der Waals surface area contributed by atoms with E-state index >= 15 is 0 Å². The summed E-state index contributed by atoms with van der Waals surface area (Å²) in [7, 11) is 0. The van der Waals surface area contributed by atoms with Crippen molar-refractivity contribution >= 4 is 29.1 Å². The van der Waals surface area contributed by atoms with E-state index in [4.69, 9.17) is 15.0 Å². The van der Waals surface area contributed by atoms with Crippen LogP contribution in [0.25, 0.3) is 0 Å². The second-order valence-electron chi connectivity index (χ2n) is 8.56. The van der Waals surface area contributed by atoms with Crippen molar-refractivity contribution in [2.75, 3.05) is 4.90 Å². The Kier molecular flexibility index (Phi) is 5.99. The molecule has 5 aromatic rings. The van der Waals surface area contributed by atoms with Gasteiger partial charge in [0, 0.05) is 22.2 Å². The first-order valence-electron chi connectivity index (χ1n) is 11.8. The lowest BCUT2D eigenvalue weighted by Crippen LogP contribution is -2.15. The van der Waals surface area contributed by atoms with Crippen LogP contribution >= 0.6 is 11.8 Å². The van der Waals surface area contributed by atoms with E-state index in [1.807, 2.05) is 54.6 Å². The van der Waals surface area contributed by atoms with Gasteiger partial charge in [-0.25, -0.2) is 4.98 Å². The molecule has 1 fully saturated rings. The van der Waals surface area contributed by atoms with Crippen molar-refractivity contribution in [3.8, 4) is 0 Å². The number of para-hydroxylation sites is 2. The third-order valence-electron chi connectivity index (χ3n) is 6.15. The van der Waals surface area contributed by atoms with E-state index in [2.05, 4.69) is 71.6 Å². The molecule has 2 unspecified atom stereocenters. The number of aromatic nitrogens is 3. The highest BCUT2D eigenvalue weighted by atomic mass is 32.2. The van der Waals surface area contributed by atoms with Crippen molar-refractivity contribution in [1.82, 2.24) is 15.0 Å². The van der Waals surface area contributed by atoms with E-state index < -0.39 is 0 Å². The highest BCUT2D eigenvalue weighted by Crippen LogP contribution is 2.54. The Balaban J connectivity index is 1.44. The Morgan fingerprint density at radius 2 is 1.11 bits per heavy atom. The van der Waals surface area contributed by atoms with Crippen molar-refractivity contribution in [2.24, 2.45) is 0 Å². The molecule has 0 radical (unpaired) electrons. The summed E-state index contributed by atoms with van der Waals surface area (Å²) in [6, 6.07) is 41.5. The standard InChI is InChI=1S/C30H24N4S/c1-5-13-22(14-6-1)26-21-27(26)28-31-29(33-30(32-28)35-25-19-11-4-12-20-25)34(23-15-7-2-8-16-23)24-17-9-3-10-18-24/h1-20,26-27H,21H2. The van der Waals surface area contributed by atoms with Crippen molar-refractivity contribution in [1.29, 1.82) is 0 Å². The molecule has 1 aromatic heterocycles. The van der Waals surface area contributed by atoms with Gasteiger partial charge in [0.05, 0.1) is 0 Å². The molecule has 5 heteroatoms. The van der Waals surface area contributed by atoms with Crippen LogP contribution in [0.15, 0.2) is 131 Å². The molecule has 1 heterocycles. The first-order chi connectivity index (χ1) is 17.3. The monoisotopic (exact) mass is 472 g/mol. The van der Waals surface area contributed by atoms with Gasteiger partial charge in [0.1, 0.15) is 5.82 Å². The summed E-state index contributed by atoms with van der Waals surface area (Å²) in [6.45, 7) is 0. The maximum Gasteiger partial charge on any atom is 0.238 e. The molecule has 4 nitrogen and oxygen atoms in total. The van der Waals surface area contributed by atoms with Gasteiger partial charge in [0.2, 0.25) is 5.95 Å². The lowest BCUT2D eigenvalue weighted by molar-refractivity contribution is 0.791. The maximum atomic E-state index is 5.06. The average Bonchev–Trinajstić information content (AvgIpc) is 3.73. The Morgan fingerprint density at radius 1 is 0.571 bits per heavy atom. The minimum Gasteiger partial charge on any atom is -0.279 e. The summed E-state index contributed by atoms with van der Waals surface area (Å²) in [6.07, 6.45) is 1.06. The predicted octanol–water partition coefficient (Wildman–Crippen LogP) is 7.76. The van der Waals surface area contributed by atoms with Crippen molar-refractivity contribution < 1.29 is 0 Å². The zero-order valence-electron chi connectivity index (χ0n) is 19.1. The number of anilines is 3. The van der Waals surface area contributed by atoms with Crippen LogP contribution in [-0.4, -0.2) is 15.0 Å². The van der Waals surface area contributed by atoms with E-state index in [0.717, 1.165) is 28.5 Å². The minimum absolute atomic E-state index is 0.294. The van der Waals surface area contributed by atoms with E-state index in [9.17, 15) is 0 Å². The smallest absolute Gasteiger partial charge is 0.238 e. The van der Waals surface area contributed by atoms with Crippen LogP contribution in [-0.2, 0) is 0 Å². The molecule has 170 valence electrons. The first kappa shape index (κ1) is 21.6. The Morgan fingerprint density at radius 3 is 1.71 bits per heavy atom. The maximum absolute atomic E-state index is 5.06. The summed E-state index contributed by atoms with van der Waals surface area (Å²) in [5.41, 5.74) is 3.38. The van der Waals surface area contributed by atoms with Crippen molar-refractivity contribution in [3.05, 3.63) is 133 Å². The number of hydrogen-bond donors (Lipinski definition) is 0. The predicted molar refractivity (Wildman–Crippen MR) is 142 cm³/mol. The second-order valence-corrected chi connectivity index (χ2v) is 9.60. The van der Waals surface area contributed by atoms with Gasteiger partial charge >= 0.3 is 0 Å². The zero-order valence-corrected chi connectivity index (χ0v) is 19.9. The molecular weight excluding hydrogens is 448 g/mol. The average molecular weight is 473 g/mol. The number of nitrogens with zero attached hydrogens (tertiary/aromatic N) is 4. The second kappa shape index (κ2) is 9.72. The van der Waals surface area contributed by atoms with Gasteiger partial charge in [-0.3, -0.25) is 4.90 Å². The number of rotatable bonds is 7. The van der Waals surface area contributed by atoms with Crippen LogP contribution in [0.4, 0.5) is 17.3 Å². The fourth-order valence-corrected chi connectivity index (χ4v) is 5.12. The van der Waals surface area contributed by atoms with Gasteiger partial charge in [-0.15, -0.1) is 0 Å². The fraction of sp³-hybridized carbons (Fsp3) is 0.100. The molecule has 1 saturated carbocycles. The molecule has 1 aliphatic rings. The van der Waals surface area contributed by atoms with Crippen LogP contribution in [0.5, 0.6) is 0 Å². The first-order valence-corrected chi connectivity index (χ1v) is 12.6. The van der Waals surface area contributed by atoms with Gasteiger partial charge in [0.15, 0.2) is 5.16 Å². The van der Waals surface area contributed by atoms with Crippen molar-refractivity contribution in [3.63, 3.8) is 0 Å². The molecule has 35 heavy (non-hydrogen) atoms. The van der Waals surface area contributed by atoms with Gasteiger partial charge in [-0.05, 0) is 66.1 Å². The molecule has 0 saturated heterocycles. The van der Waals surface area contributed by atoms with Gasteiger partial charge in [0.25, 0.3) is 0 Å². The van der Waals surface area contributed by atoms with Crippen LogP contribution in [0.3, 0.4) is 0 Å². The summed E-state index contributed by atoms with van der Waals surface area (Å²) in [5, 5.41) is 0.715. The Bertz CT molecular complexity index is 1360. The third-order valence-corrected chi connectivity index (χ3v) is 7.02. The van der Waals surface area contributed by atoms with Crippen molar-refractivity contribution in [2.45, 2.75) is 28.3 Å². The highest BCUT2D eigenvalue weighted by molar-refractivity contribution is 7.99. The fourth-order valence-electron chi connectivity index (χ4n) is 4.35. The van der Waals surface area contributed by atoms with E-state index in [0.29, 0.717) is 22.9 Å². The SMILES string of the molecule is c1ccc(Sc2nc(C3CC3c3ccccc3)nc(N(c3ccccc3)c3ccccc3)n2)cc1. The molecule has 0 N–H and O–H groups in total. The van der Waals surface area contributed by atoms with E-state index in [-0.39, 0.29) is 0 Å². The highest BCUT2D eigenvalue weighted by Gasteiger charge is 2.42. The summed E-state index contributed by atoms with van der Waals surface area (Å²) in [4.78, 5) is 18.2. The van der Waals surface area contributed by atoms with Gasteiger partial charge in [-0.2, -0.15) is 9.97 Å². The van der Waals surface area contributed by atoms with Gasteiger partial charge < -0.3 is 0 Å². The Hall–Kier alpha value is -3.96. The van der Waals surface area contributed by atoms with Crippen LogP contribution in [0.2, 0.25) is 0 Å². The number of hydrogen-bond acceptors (Lipinski definition) is 5. The molecule has 0 aliphatic heterocycles. The van der Waals surface area contributed by atoms with Crippen LogP contribution in [0, 0.1) is 0 Å². The van der Waals surface area contributed by atoms with Crippen LogP contribution in [0.1, 0.15) is 29.6 Å². The van der Waals surface area contributed by atoms with Crippen LogP contribution < -0.4 is 4.90 Å². The lowest BCUT2D eigenvalue weighted by atomic mass is 10.1. The molecule has 4 aromatic carbocycles. The summed E-state index contributed by atoms with van der Waals surface area (Å²) < 4.78 is 0. The largest absolute Gasteiger partial charge is 0.279 e. The molecule has 0 spiro atoms. The third kappa shape index (κ3) is 4.81. The quantitative estimate of drug-likeness (QED) is 0.242. The molecule has 1 aliphatic carbocycles. The molecular formula is C30H24N4S. The minimum atomic E-state index is 0.294. The topological polar surface area (TPSA) is 41.9 Å².